The van der Waals surface area contributed by atoms with Gasteiger partial charge in [0.25, 0.3) is 0 Å². The van der Waals surface area contributed by atoms with E-state index >= 15 is 0 Å². The number of alkyl halides is 3. The van der Waals surface area contributed by atoms with Crippen LogP contribution in [-0.4, -0.2) is 52.2 Å². The summed E-state index contributed by atoms with van der Waals surface area (Å²) in [5.41, 5.74) is 0.243. The smallest absolute Gasteiger partial charge is 0.378 e. The van der Waals surface area contributed by atoms with Gasteiger partial charge in [-0.1, -0.05) is 12.8 Å². The molecule has 32 heavy (non-hydrogen) atoms. The zero-order valence-electron chi connectivity index (χ0n) is 17.9. The molecule has 2 saturated heterocycles. The first kappa shape index (κ1) is 21.6. The molecule has 1 unspecified atom stereocenters. The van der Waals surface area contributed by atoms with E-state index in [1.54, 1.807) is 0 Å². The monoisotopic (exact) mass is 447 g/mol. The van der Waals surface area contributed by atoms with Gasteiger partial charge in [0.05, 0.1) is 30.5 Å². The Kier molecular flexibility index (Phi) is 6.03. The van der Waals surface area contributed by atoms with Crippen molar-refractivity contribution in [1.29, 1.82) is 0 Å². The molecular weight excluding hydrogens is 419 g/mol. The maximum Gasteiger partial charge on any atom is 0.416 e. The summed E-state index contributed by atoms with van der Waals surface area (Å²) in [4.78, 5) is 16.2. The summed E-state index contributed by atoms with van der Waals surface area (Å²) in [6, 6.07) is 4.38. The van der Waals surface area contributed by atoms with Crippen LogP contribution in [0.5, 0.6) is 0 Å². The first-order chi connectivity index (χ1) is 15.5. The zero-order valence-corrected chi connectivity index (χ0v) is 17.9. The van der Waals surface area contributed by atoms with Crippen LogP contribution in [-0.2, 0) is 10.9 Å². The van der Waals surface area contributed by atoms with E-state index in [4.69, 9.17) is 14.7 Å². The van der Waals surface area contributed by atoms with Crippen LogP contribution in [0, 0.1) is 0 Å². The van der Waals surface area contributed by atoms with Gasteiger partial charge in [-0.15, -0.1) is 0 Å². The number of halogens is 3. The fraction of sp³-hybridized carbons (Fsp3) is 0.609. The lowest BCUT2D eigenvalue weighted by Crippen LogP contribution is -2.52. The van der Waals surface area contributed by atoms with E-state index in [0.29, 0.717) is 17.8 Å². The van der Waals surface area contributed by atoms with Crippen LogP contribution in [0.4, 0.5) is 24.8 Å². The van der Waals surface area contributed by atoms with Gasteiger partial charge in [0.2, 0.25) is 0 Å². The van der Waals surface area contributed by atoms with Gasteiger partial charge >= 0.3 is 6.18 Å². The van der Waals surface area contributed by atoms with Gasteiger partial charge in [0.1, 0.15) is 17.5 Å². The van der Waals surface area contributed by atoms with E-state index in [1.807, 2.05) is 6.07 Å². The number of ether oxygens (including phenoxy) is 1. The minimum atomic E-state index is -4.41. The van der Waals surface area contributed by atoms with Gasteiger partial charge < -0.3 is 10.1 Å². The second-order valence-corrected chi connectivity index (χ2v) is 9.10. The van der Waals surface area contributed by atoms with Crippen LogP contribution in [0.3, 0.4) is 0 Å². The zero-order chi connectivity index (χ0) is 22.1. The quantitative estimate of drug-likeness (QED) is 0.706. The highest BCUT2D eigenvalue weighted by molar-refractivity contribution is 5.53. The molecule has 1 N–H and O–H groups in total. The summed E-state index contributed by atoms with van der Waals surface area (Å²) >= 11 is 0. The predicted molar refractivity (Wildman–Crippen MR) is 114 cm³/mol. The Morgan fingerprint density at radius 1 is 0.969 bits per heavy atom. The lowest BCUT2D eigenvalue weighted by atomic mass is 9.92. The lowest BCUT2D eigenvalue weighted by Gasteiger charge is -2.42. The Hall–Kier alpha value is -2.26. The van der Waals surface area contributed by atoms with Crippen molar-refractivity contribution in [3.8, 4) is 0 Å². The molecule has 5 rings (SSSR count). The van der Waals surface area contributed by atoms with Crippen molar-refractivity contribution in [2.75, 3.05) is 31.6 Å². The number of likely N-dealkylation sites (tertiary alicyclic amines) is 1. The van der Waals surface area contributed by atoms with E-state index < -0.39 is 11.7 Å². The molecule has 2 aliphatic heterocycles. The molecule has 3 aliphatic rings. The summed E-state index contributed by atoms with van der Waals surface area (Å²) in [6.45, 7) is 3.58. The topological polar surface area (TPSA) is 63.2 Å². The number of piperidine rings is 1. The van der Waals surface area contributed by atoms with Gasteiger partial charge in [0, 0.05) is 30.6 Å². The highest BCUT2D eigenvalue weighted by Crippen LogP contribution is 2.36. The number of hydrogen-bond acceptors (Lipinski definition) is 6. The summed E-state index contributed by atoms with van der Waals surface area (Å²) in [5, 5.41) is 3.02. The van der Waals surface area contributed by atoms with Gasteiger partial charge in [-0.2, -0.15) is 13.2 Å². The number of nitrogens with zero attached hydrogens (tertiary/aromatic N) is 4. The number of nitrogens with one attached hydrogen (secondary N) is 1. The molecule has 0 spiro atoms. The molecule has 1 aliphatic carbocycles. The van der Waals surface area contributed by atoms with Crippen molar-refractivity contribution in [3.05, 3.63) is 41.5 Å². The molecule has 4 heterocycles. The van der Waals surface area contributed by atoms with E-state index in [9.17, 15) is 13.2 Å². The average molecular weight is 448 g/mol. The molecular formula is C23H28F3N5O. The summed E-state index contributed by atoms with van der Waals surface area (Å²) in [6.07, 6.45) is 3.34. The molecule has 1 atom stereocenters. The highest BCUT2D eigenvalue weighted by atomic mass is 19.4. The number of rotatable bonds is 5. The fourth-order valence-corrected chi connectivity index (χ4v) is 4.95. The van der Waals surface area contributed by atoms with Crippen LogP contribution < -0.4 is 5.32 Å². The number of anilines is 2. The third kappa shape index (κ3) is 4.73. The van der Waals surface area contributed by atoms with E-state index in [0.717, 1.165) is 88.5 Å². The predicted octanol–water partition coefficient (Wildman–Crippen LogP) is 4.87. The van der Waals surface area contributed by atoms with Crippen molar-refractivity contribution in [2.24, 2.45) is 0 Å². The standard InChI is InChI=1S/C23H28F3N5O/c24-23(25,26)17-7-8-27-20(10-17)29-21-11-19(28-22(30-21)15-4-1-2-5-15)16-6-3-9-31(12-16)18-13-32-14-18/h7-8,10-11,15-16,18H,1-6,9,12-14H2,(H,27,28,29,30). The van der Waals surface area contributed by atoms with Crippen LogP contribution >= 0.6 is 0 Å². The molecule has 6 nitrogen and oxygen atoms in total. The Labute approximate surface area is 185 Å². The largest absolute Gasteiger partial charge is 0.416 e. The Bertz CT molecular complexity index is 943. The van der Waals surface area contributed by atoms with Crippen molar-refractivity contribution < 1.29 is 17.9 Å². The maximum atomic E-state index is 13.1. The third-order valence-electron chi connectivity index (χ3n) is 6.83. The van der Waals surface area contributed by atoms with Crippen LogP contribution in [0.1, 0.15) is 67.4 Å². The first-order valence-corrected chi connectivity index (χ1v) is 11.5. The third-order valence-corrected chi connectivity index (χ3v) is 6.83. The molecule has 9 heteroatoms. The summed E-state index contributed by atoms with van der Waals surface area (Å²) in [5.74, 6) is 2.05. The van der Waals surface area contributed by atoms with Gasteiger partial charge in [-0.05, 0) is 44.4 Å². The summed E-state index contributed by atoms with van der Waals surface area (Å²) < 4.78 is 44.7. The van der Waals surface area contributed by atoms with Gasteiger partial charge in [0.15, 0.2) is 0 Å². The minimum absolute atomic E-state index is 0.138. The fourth-order valence-electron chi connectivity index (χ4n) is 4.95. The normalized spacial score (nSPS) is 23.3. The Morgan fingerprint density at radius 3 is 2.47 bits per heavy atom. The molecule has 172 valence electrons. The molecule has 1 saturated carbocycles. The molecule has 0 radical (unpaired) electrons. The Balaban J connectivity index is 1.42. The number of hydrogen-bond donors (Lipinski definition) is 1. The lowest BCUT2D eigenvalue weighted by molar-refractivity contribution is -0.137. The van der Waals surface area contributed by atoms with Gasteiger partial charge in [-0.3, -0.25) is 4.90 Å². The minimum Gasteiger partial charge on any atom is -0.378 e. The molecule has 0 bridgehead atoms. The van der Waals surface area contributed by atoms with Crippen molar-refractivity contribution in [2.45, 2.75) is 62.6 Å². The summed E-state index contributed by atoms with van der Waals surface area (Å²) in [7, 11) is 0. The number of pyridine rings is 1. The highest BCUT2D eigenvalue weighted by Gasteiger charge is 2.33. The second-order valence-electron chi connectivity index (χ2n) is 9.10. The van der Waals surface area contributed by atoms with Crippen LogP contribution in [0.2, 0.25) is 0 Å². The van der Waals surface area contributed by atoms with Gasteiger partial charge in [-0.25, -0.2) is 15.0 Å². The first-order valence-electron chi connectivity index (χ1n) is 11.5. The van der Waals surface area contributed by atoms with Crippen molar-refractivity contribution in [1.82, 2.24) is 19.9 Å². The molecule has 2 aromatic rings. The van der Waals surface area contributed by atoms with Crippen LogP contribution in [0.15, 0.2) is 24.4 Å². The molecule has 2 aromatic heterocycles. The SMILES string of the molecule is FC(F)(F)c1ccnc(Nc2cc(C3CCCN(C4COC4)C3)nc(C3CCCC3)n2)c1. The second kappa shape index (κ2) is 8.94. The molecule has 0 aromatic carbocycles. The van der Waals surface area contributed by atoms with E-state index in [-0.39, 0.29) is 11.7 Å². The average Bonchev–Trinajstić information content (AvgIpc) is 3.27. The van der Waals surface area contributed by atoms with E-state index in [2.05, 4.69) is 15.2 Å². The molecule has 3 fully saturated rings. The Morgan fingerprint density at radius 2 is 1.75 bits per heavy atom. The van der Waals surface area contributed by atoms with Crippen molar-refractivity contribution in [3.63, 3.8) is 0 Å². The maximum absolute atomic E-state index is 13.1. The van der Waals surface area contributed by atoms with Crippen molar-refractivity contribution >= 4 is 11.6 Å². The molecule has 0 amide bonds. The number of aromatic nitrogens is 3. The van der Waals surface area contributed by atoms with E-state index in [1.165, 1.54) is 6.20 Å². The van der Waals surface area contributed by atoms with Crippen LogP contribution in [0.25, 0.3) is 0 Å².